The molecule has 0 saturated heterocycles. The van der Waals surface area contributed by atoms with Gasteiger partial charge in [-0.2, -0.15) is 4.39 Å². The van der Waals surface area contributed by atoms with Crippen LogP contribution >= 0.6 is 0 Å². The highest BCUT2D eigenvalue weighted by Crippen LogP contribution is 2.38. The zero-order chi connectivity index (χ0) is 18.4. The smallest absolute Gasteiger partial charge is 0.205 e. The van der Waals surface area contributed by atoms with E-state index in [0.29, 0.717) is 0 Å². The Bertz CT molecular complexity index is 1080. The van der Waals surface area contributed by atoms with E-state index in [4.69, 9.17) is 4.74 Å². The molecule has 0 N–H and O–H groups in total. The number of para-hydroxylation sites is 1. The quantitative estimate of drug-likeness (QED) is 0.491. The Balaban J connectivity index is 1.96. The molecule has 1 aliphatic carbocycles. The molecule has 0 heterocycles. The third-order valence-corrected chi connectivity index (χ3v) is 4.11. The van der Waals surface area contributed by atoms with Gasteiger partial charge in [0.1, 0.15) is 5.75 Å². The molecule has 0 bridgehead atoms. The maximum Gasteiger partial charge on any atom is 0.205 e. The van der Waals surface area contributed by atoms with Gasteiger partial charge >= 0.3 is 0 Å². The van der Waals surface area contributed by atoms with Crippen LogP contribution in [0.2, 0.25) is 0 Å². The number of halogens is 3. The van der Waals surface area contributed by atoms with Crippen molar-refractivity contribution in [1.29, 1.82) is 0 Å². The molecule has 0 unspecified atom stereocenters. The fraction of sp³-hybridized carbons (Fsp3) is 0. The third-order valence-electron chi connectivity index (χ3n) is 4.11. The van der Waals surface area contributed by atoms with Gasteiger partial charge in [0.2, 0.25) is 11.6 Å². The average molecular weight is 354 g/mol. The topological polar surface area (TPSA) is 43.4 Å². The van der Waals surface area contributed by atoms with E-state index in [9.17, 15) is 22.8 Å². The van der Waals surface area contributed by atoms with Crippen LogP contribution in [0.4, 0.5) is 13.2 Å². The molecule has 0 spiro atoms. The van der Waals surface area contributed by atoms with Crippen molar-refractivity contribution in [1.82, 2.24) is 0 Å². The van der Waals surface area contributed by atoms with Crippen LogP contribution in [0.3, 0.4) is 0 Å². The summed E-state index contributed by atoms with van der Waals surface area (Å²) in [6.07, 6.45) is 0. The summed E-state index contributed by atoms with van der Waals surface area (Å²) in [4.78, 5) is 25.1. The molecule has 0 aromatic heterocycles. The molecule has 6 heteroatoms. The lowest BCUT2D eigenvalue weighted by molar-refractivity contribution is 0.0970. The Kier molecular flexibility index (Phi) is 3.61. The number of hydrogen-bond acceptors (Lipinski definition) is 3. The number of carbonyl (C=O) groups excluding carboxylic acids is 2. The standard InChI is InChI=1S/C20H9F3O3/c21-15-13-14(19(25)12-9-5-4-8-11(12)18(13)24)16(22)20(17(15)23)26-10-6-2-1-3-7-10/h1-9H. The first kappa shape index (κ1) is 16.1. The number of hydrogen-bond donors (Lipinski definition) is 0. The molecule has 0 saturated carbocycles. The fourth-order valence-corrected chi connectivity index (χ4v) is 2.91. The molecule has 0 aliphatic heterocycles. The van der Waals surface area contributed by atoms with Crippen molar-refractivity contribution in [3.05, 3.63) is 94.3 Å². The zero-order valence-corrected chi connectivity index (χ0v) is 13.1. The Hall–Kier alpha value is -3.41. The van der Waals surface area contributed by atoms with Crippen molar-refractivity contribution in [2.75, 3.05) is 0 Å². The van der Waals surface area contributed by atoms with Crippen LogP contribution in [-0.4, -0.2) is 11.6 Å². The average Bonchev–Trinajstić information content (AvgIpc) is 2.67. The number of ketones is 2. The van der Waals surface area contributed by atoms with E-state index in [1.807, 2.05) is 0 Å². The highest BCUT2D eigenvalue weighted by atomic mass is 19.2. The summed E-state index contributed by atoms with van der Waals surface area (Å²) in [6, 6.07) is 13.2. The van der Waals surface area contributed by atoms with Crippen molar-refractivity contribution in [3.8, 4) is 11.5 Å². The summed E-state index contributed by atoms with van der Waals surface area (Å²) in [7, 11) is 0. The van der Waals surface area contributed by atoms with E-state index in [2.05, 4.69) is 0 Å². The molecule has 3 aromatic carbocycles. The van der Waals surface area contributed by atoms with Gasteiger partial charge in [0, 0.05) is 11.1 Å². The van der Waals surface area contributed by atoms with E-state index in [1.165, 1.54) is 36.4 Å². The fourth-order valence-electron chi connectivity index (χ4n) is 2.91. The lowest BCUT2D eigenvalue weighted by atomic mass is 9.83. The van der Waals surface area contributed by atoms with Crippen LogP contribution in [-0.2, 0) is 0 Å². The minimum absolute atomic E-state index is 0.0552. The Morgan fingerprint density at radius 2 is 1.12 bits per heavy atom. The van der Waals surface area contributed by atoms with Crippen LogP contribution < -0.4 is 4.74 Å². The first-order valence-electron chi connectivity index (χ1n) is 7.62. The van der Waals surface area contributed by atoms with Gasteiger partial charge in [0.25, 0.3) is 0 Å². The van der Waals surface area contributed by atoms with Gasteiger partial charge < -0.3 is 4.74 Å². The maximum absolute atomic E-state index is 14.9. The van der Waals surface area contributed by atoms with Crippen LogP contribution in [0.1, 0.15) is 31.8 Å². The lowest BCUT2D eigenvalue weighted by Crippen LogP contribution is -2.25. The summed E-state index contributed by atoms with van der Waals surface area (Å²) in [5.41, 5.74) is -1.90. The Morgan fingerprint density at radius 3 is 1.69 bits per heavy atom. The second-order valence-electron chi connectivity index (χ2n) is 5.64. The van der Waals surface area contributed by atoms with E-state index < -0.39 is 45.9 Å². The summed E-state index contributed by atoms with van der Waals surface area (Å²) >= 11 is 0. The molecule has 1 aliphatic rings. The molecule has 0 radical (unpaired) electrons. The molecule has 3 aromatic rings. The van der Waals surface area contributed by atoms with Crippen molar-refractivity contribution in [3.63, 3.8) is 0 Å². The zero-order valence-electron chi connectivity index (χ0n) is 13.1. The first-order valence-corrected chi connectivity index (χ1v) is 7.62. The monoisotopic (exact) mass is 354 g/mol. The molecule has 0 atom stereocenters. The molecule has 0 fully saturated rings. The predicted molar refractivity (Wildman–Crippen MR) is 86.1 cm³/mol. The predicted octanol–water partition coefficient (Wildman–Crippen LogP) is 4.67. The van der Waals surface area contributed by atoms with Crippen molar-refractivity contribution >= 4 is 11.6 Å². The number of rotatable bonds is 2. The summed E-state index contributed by atoms with van der Waals surface area (Å²) in [5.74, 6) is -7.53. The Morgan fingerprint density at radius 1 is 0.615 bits per heavy atom. The lowest BCUT2D eigenvalue weighted by Gasteiger charge is -2.20. The second kappa shape index (κ2) is 5.84. The van der Waals surface area contributed by atoms with Crippen molar-refractivity contribution in [2.45, 2.75) is 0 Å². The first-order chi connectivity index (χ1) is 12.5. The van der Waals surface area contributed by atoms with E-state index >= 15 is 0 Å². The molecule has 3 nitrogen and oxygen atoms in total. The largest absolute Gasteiger partial charge is 0.451 e. The van der Waals surface area contributed by atoms with E-state index in [0.717, 1.165) is 0 Å². The summed E-state index contributed by atoms with van der Waals surface area (Å²) < 4.78 is 49.0. The SMILES string of the molecule is O=C1c2ccccc2C(=O)c2c(F)c(Oc3ccccc3)c(F)c(F)c21. The van der Waals surface area contributed by atoms with Gasteiger partial charge in [0.05, 0.1) is 11.1 Å². The number of benzene rings is 3. The van der Waals surface area contributed by atoms with Crippen molar-refractivity contribution < 1.29 is 27.5 Å². The van der Waals surface area contributed by atoms with Crippen molar-refractivity contribution in [2.24, 2.45) is 0 Å². The molecular weight excluding hydrogens is 345 g/mol. The van der Waals surface area contributed by atoms with Crippen LogP contribution in [0.5, 0.6) is 11.5 Å². The number of fused-ring (bicyclic) bond motifs is 2. The molecule has 26 heavy (non-hydrogen) atoms. The maximum atomic E-state index is 14.9. The van der Waals surface area contributed by atoms with Gasteiger partial charge in [-0.25, -0.2) is 8.78 Å². The number of carbonyl (C=O) groups is 2. The van der Waals surface area contributed by atoms with Gasteiger partial charge in [-0.1, -0.05) is 42.5 Å². The van der Waals surface area contributed by atoms with Gasteiger partial charge in [-0.3, -0.25) is 9.59 Å². The van der Waals surface area contributed by atoms with Crippen LogP contribution in [0.25, 0.3) is 0 Å². The number of ether oxygens (including phenoxy) is 1. The summed E-state index contributed by atoms with van der Waals surface area (Å²) in [6.45, 7) is 0. The second-order valence-corrected chi connectivity index (χ2v) is 5.64. The summed E-state index contributed by atoms with van der Waals surface area (Å²) in [5, 5.41) is 0. The van der Waals surface area contributed by atoms with Gasteiger partial charge in [-0.15, -0.1) is 0 Å². The molecule has 0 amide bonds. The Labute approximate surface area is 145 Å². The van der Waals surface area contributed by atoms with E-state index in [-0.39, 0.29) is 16.9 Å². The molecular formula is C20H9F3O3. The van der Waals surface area contributed by atoms with Crippen LogP contribution in [0, 0.1) is 17.5 Å². The molecule has 4 rings (SSSR count). The minimum atomic E-state index is -1.66. The van der Waals surface area contributed by atoms with E-state index in [1.54, 1.807) is 18.2 Å². The highest BCUT2D eigenvalue weighted by molar-refractivity contribution is 6.28. The normalized spacial score (nSPS) is 12.6. The third kappa shape index (κ3) is 2.23. The van der Waals surface area contributed by atoms with Gasteiger partial charge in [0.15, 0.2) is 23.2 Å². The minimum Gasteiger partial charge on any atom is -0.451 e. The highest BCUT2D eigenvalue weighted by Gasteiger charge is 2.39. The van der Waals surface area contributed by atoms with Crippen LogP contribution in [0.15, 0.2) is 54.6 Å². The van der Waals surface area contributed by atoms with Gasteiger partial charge in [-0.05, 0) is 12.1 Å². The molecule has 128 valence electrons.